The lowest BCUT2D eigenvalue weighted by Gasteiger charge is -2.06. The van der Waals surface area contributed by atoms with Gasteiger partial charge >= 0.3 is 5.69 Å². The summed E-state index contributed by atoms with van der Waals surface area (Å²) >= 11 is 0. The fraction of sp³-hybridized carbons (Fsp3) is 0. The first-order valence-corrected chi connectivity index (χ1v) is 5.32. The molecule has 0 spiro atoms. The van der Waals surface area contributed by atoms with Gasteiger partial charge in [0.2, 0.25) is 5.75 Å². The molecule has 0 saturated carbocycles. The zero-order valence-electron chi connectivity index (χ0n) is 9.84. The maximum absolute atomic E-state index is 13.0. The average molecular weight is 276 g/mol. The van der Waals surface area contributed by atoms with Gasteiger partial charge in [-0.25, -0.2) is 8.78 Å². The summed E-state index contributed by atoms with van der Waals surface area (Å²) in [5.41, 5.74) is -0.234. The SMILES string of the molecule is N#Cc1ccc([N+](=O)[O-])c(Oc2ccc(F)c(F)c2)c1. The first-order chi connectivity index (χ1) is 9.51. The van der Waals surface area contributed by atoms with E-state index in [1.165, 1.54) is 6.07 Å². The molecule has 0 bridgehead atoms. The Morgan fingerprint density at radius 3 is 2.50 bits per heavy atom. The van der Waals surface area contributed by atoms with Crippen LogP contribution in [-0.2, 0) is 0 Å². The highest BCUT2D eigenvalue weighted by atomic mass is 19.2. The standard InChI is InChI=1S/C13H6F2N2O3/c14-10-3-2-9(6-11(10)15)20-13-5-8(7-16)1-4-12(13)17(18)19/h1-6H. The van der Waals surface area contributed by atoms with E-state index in [1.807, 2.05) is 0 Å². The molecule has 0 aliphatic heterocycles. The number of halogens is 2. The van der Waals surface area contributed by atoms with Gasteiger partial charge in [-0.2, -0.15) is 5.26 Å². The Morgan fingerprint density at radius 2 is 1.90 bits per heavy atom. The number of ether oxygens (including phenoxy) is 1. The third-order valence-electron chi connectivity index (χ3n) is 2.40. The van der Waals surface area contributed by atoms with Crippen molar-refractivity contribution in [2.45, 2.75) is 0 Å². The zero-order chi connectivity index (χ0) is 14.7. The van der Waals surface area contributed by atoms with Crippen molar-refractivity contribution in [2.24, 2.45) is 0 Å². The molecule has 0 N–H and O–H groups in total. The summed E-state index contributed by atoms with van der Waals surface area (Å²) in [6.45, 7) is 0. The first kappa shape index (κ1) is 13.4. The van der Waals surface area contributed by atoms with Crippen molar-refractivity contribution < 1.29 is 18.4 Å². The quantitative estimate of drug-likeness (QED) is 0.634. The predicted molar refractivity (Wildman–Crippen MR) is 64.2 cm³/mol. The highest BCUT2D eigenvalue weighted by molar-refractivity contribution is 5.52. The van der Waals surface area contributed by atoms with Crippen molar-refractivity contribution in [1.82, 2.24) is 0 Å². The van der Waals surface area contributed by atoms with Gasteiger partial charge in [0.1, 0.15) is 5.75 Å². The molecule has 0 aliphatic rings. The van der Waals surface area contributed by atoms with Crippen LogP contribution in [0.3, 0.4) is 0 Å². The molecule has 0 saturated heterocycles. The minimum absolute atomic E-state index is 0.109. The van der Waals surface area contributed by atoms with Gasteiger partial charge in [-0.3, -0.25) is 10.1 Å². The van der Waals surface area contributed by atoms with Crippen molar-refractivity contribution >= 4 is 5.69 Å². The van der Waals surface area contributed by atoms with Crippen molar-refractivity contribution in [3.05, 3.63) is 63.7 Å². The van der Waals surface area contributed by atoms with E-state index in [2.05, 4.69) is 0 Å². The molecule has 0 aromatic heterocycles. The van der Waals surface area contributed by atoms with Crippen LogP contribution in [0, 0.1) is 33.1 Å². The van der Waals surface area contributed by atoms with Crippen LogP contribution in [0.2, 0.25) is 0 Å². The molecule has 0 radical (unpaired) electrons. The maximum atomic E-state index is 13.0. The Labute approximate surface area is 111 Å². The minimum Gasteiger partial charge on any atom is -0.450 e. The van der Waals surface area contributed by atoms with E-state index in [-0.39, 0.29) is 22.7 Å². The van der Waals surface area contributed by atoms with E-state index in [9.17, 15) is 18.9 Å². The summed E-state index contributed by atoms with van der Waals surface area (Å²) < 4.78 is 31.0. The second-order valence-electron chi connectivity index (χ2n) is 3.73. The van der Waals surface area contributed by atoms with Gasteiger partial charge in [-0.1, -0.05) is 0 Å². The number of nitrogens with zero attached hydrogens (tertiary/aromatic N) is 2. The summed E-state index contributed by atoms with van der Waals surface area (Å²) in [5, 5.41) is 19.6. The van der Waals surface area contributed by atoms with Crippen molar-refractivity contribution in [1.29, 1.82) is 5.26 Å². The molecule has 2 aromatic carbocycles. The Balaban J connectivity index is 2.43. The van der Waals surface area contributed by atoms with Crippen LogP contribution in [-0.4, -0.2) is 4.92 Å². The van der Waals surface area contributed by atoms with Crippen LogP contribution in [0.5, 0.6) is 11.5 Å². The molecular formula is C13H6F2N2O3. The van der Waals surface area contributed by atoms with Gasteiger partial charge < -0.3 is 4.74 Å². The molecule has 0 amide bonds. The van der Waals surface area contributed by atoms with E-state index >= 15 is 0 Å². The van der Waals surface area contributed by atoms with E-state index in [1.54, 1.807) is 6.07 Å². The largest absolute Gasteiger partial charge is 0.450 e. The van der Waals surface area contributed by atoms with E-state index in [4.69, 9.17) is 10.00 Å². The lowest BCUT2D eigenvalue weighted by Crippen LogP contribution is -1.95. The van der Waals surface area contributed by atoms with Crippen LogP contribution in [0.25, 0.3) is 0 Å². The normalized spacial score (nSPS) is 9.85. The molecule has 0 heterocycles. The van der Waals surface area contributed by atoms with Crippen molar-refractivity contribution in [3.8, 4) is 17.6 Å². The number of rotatable bonds is 3. The van der Waals surface area contributed by atoms with Gasteiger partial charge in [0.05, 0.1) is 16.6 Å². The Hall–Kier alpha value is -3.01. The third kappa shape index (κ3) is 2.70. The van der Waals surface area contributed by atoms with E-state index in [0.717, 1.165) is 30.3 Å². The van der Waals surface area contributed by atoms with Crippen LogP contribution < -0.4 is 4.74 Å². The Bertz CT molecular complexity index is 726. The summed E-state index contributed by atoms with van der Waals surface area (Å²) in [4.78, 5) is 10.1. The van der Waals surface area contributed by atoms with Crippen LogP contribution in [0.15, 0.2) is 36.4 Å². The molecule has 7 heteroatoms. The molecule has 0 fully saturated rings. The Kier molecular flexibility index (Phi) is 3.57. The number of nitro benzene ring substituents is 1. The van der Waals surface area contributed by atoms with Crippen molar-refractivity contribution in [3.63, 3.8) is 0 Å². The number of nitro groups is 1. The predicted octanol–water partition coefficient (Wildman–Crippen LogP) is 3.54. The Morgan fingerprint density at radius 1 is 1.15 bits per heavy atom. The van der Waals surface area contributed by atoms with E-state index < -0.39 is 16.6 Å². The van der Waals surface area contributed by atoms with Crippen LogP contribution in [0.1, 0.15) is 5.56 Å². The first-order valence-electron chi connectivity index (χ1n) is 5.32. The lowest BCUT2D eigenvalue weighted by atomic mass is 10.2. The summed E-state index contributed by atoms with van der Waals surface area (Å²) in [6, 6.07) is 8.05. The van der Waals surface area contributed by atoms with Gasteiger partial charge in [-0.15, -0.1) is 0 Å². The topological polar surface area (TPSA) is 76.2 Å². The summed E-state index contributed by atoms with van der Waals surface area (Å²) in [6.07, 6.45) is 0. The number of hydrogen-bond acceptors (Lipinski definition) is 4. The second kappa shape index (κ2) is 5.32. The molecule has 100 valence electrons. The monoisotopic (exact) mass is 276 g/mol. The molecule has 0 atom stereocenters. The molecule has 20 heavy (non-hydrogen) atoms. The van der Waals surface area contributed by atoms with Gasteiger partial charge in [0, 0.05) is 18.2 Å². The third-order valence-corrected chi connectivity index (χ3v) is 2.40. The summed E-state index contributed by atoms with van der Waals surface area (Å²) in [7, 11) is 0. The van der Waals surface area contributed by atoms with Crippen molar-refractivity contribution in [2.75, 3.05) is 0 Å². The summed E-state index contributed by atoms with van der Waals surface area (Å²) in [5.74, 6) is -2.53. The molecule has 2 rings (SSSR count). The number of hydrogen-bond donors (Lipinski definition) is 0. The van der Waals surface area contributed by atoms with Gasteiger partial charge in [0.25, 0.3) is 0 Å². The van der Waals surface area contributed by atoms with E-state index in [0.29, 0.717) is 0 Å². The number of benzene rings is 2. The highest BCUT2D eigenvalue weighted by Crippen LogP contribution is 2.32. The maximum Gasteiger partial charge on any atom is 0.311 e. The molecule has 2 aromatic rings. The number of nitriles is 1. The van der Waals surface area contributed by atoms with Gasteiger partial charge in [0.15, 0.2) is 11.6 Å². The zero-order valence-corrected chi connectivity index (χ0v) is 9.84. The minimum atomic E-state index is -1.14. The fourth-order valence-electron chi connectivity index (χ4n) is 1.48. The average Bonchev–Trinajstić information content (AvgIpc) is 2.42. The molecular weight excluding hydrogens is 270 g/mol. The highest BCUT2D eigenvalue weighted by Gasteiger charge is 2.17. The fourth-order valence-corrected chi connectivity index (χ4v) is 1.48. The molecule has 5 nitrogen and oxygen atoms in total. The molecule has 0 aliphatic carbocycles. The van der Waals surface area contributed by atoms with Gasteiger partial charge in [-0.05, 0) is 18.2 Å². The van der Waals surface area contributed by atoms with Crippen LogP contribution >= 0.6 is 0 Å². The molecule has 0 unspecified atom stereocenters. The lowest BCUT2D eigenvalue weighted by molar-refractivity contribution is -0.385. The smallest absolute Gasteiger partial charge is 0.311 e. The second-order valence-corrected chi connectivity index (χ2v) is 3.73. The van der Waals surface area contributed by atoms with Crippen LogP contribution in [0.4, 0.5) is 14.5 Å².